The Hall–Kier alpha value is -3.17. The van der Waals surface area contributed by atoms with Crippen molar-refractivity contribution in [1.29, 1.82) is 0 Å². The number of benzene rings is 3. The Bertz CT molecular complexity index is 1680. The molecular formula is C43H50IrN2Si-2. The van der Waals surface area contributed by atoms with Crippen molar-refractivity contribution in [2.24, 2.45) is 5.41 Å². The third-order valence-corrected chi connectivity index (χ3v) is 11.6. The second kappa shape index (κ2) is 16.3. The van der Waals surface area contributed by atoms with E-state index >= 15 is 0 Å². The fourth-order valence-corrected chi connectivity index (χ4v) is 7.92. The zero-order valence-corrected chi connectivity index (χ0v) is 32.6. The van der Waals surface area contributed by atoms with Crippen LogP contribution in [0.4, 0.5) is 0 Å². The van der Waals surface area contributed by atoms with E-state index in [1.54, 1.807) is 0 Å². The fraction of sp³-hybridized carbons (Fsp3) is 0.349. The molecule has 0 N–H and O–H groups in total. The van der Waals surface area contributed by atoms with Crippen molar-refractivity contribution < 1.29 is 20.1 Å². The summed E-state index contributed by atoms with van der Waals surface area (Å²) in [7, 11) is -1.42. The van der Waals surface area contributed by atoms with E-state index in [1.807, 2.05) is 42.6 Å². The van der Waals surface area contributed by atoms with Crippen LogP contribution in [-0.2, 0) is 20.1 Å². The number of pyridine rings is 2. The molecule has 0 amide bonds. The molecule has 1 unspecified atom stereocenters. The maximum absolute atomic E-state index is 4.74. The minimum absolute atomic E-state index is 0. The van der Waals surface area contributed by atoms with E-state index in [-0.39, 0.29) is 25.5 Å². The summed E-state index contributed by atoms with van der Waals surface area (Å²) in [5, 5.41) is 1.48. The van der Waals surface area contributed by atoms with Gasteiger partial charge in [0.25, 0.3) is 0 Å². The average molecular weight is 815 g/mol. The molecule has 1 saturated carbocycles. The molecule has 1 fully saturated rings. The molecule has 47 heavy (non-hydrogen) atoms. The molecule has 1 radical (unpaired) electrons. The summed E-state index contributed by atoms with van der Waals surface area (Å²) in [5.74, 6) is 1.26. The molecule has 6 rings (SSSR count). The van der Waals surface area contributed by atoms with E-state index in [0.717, 1.165) is 28.4 Å². The number of hydrogen-bond donors (Lipinski definition) is 0. The standard InChI is InChI=1S/C23H22N.C20H28NSi.Ir/c1-3-7-18(8-4-1)19-11-13-20(14-12-19)22-15-16-24-23(17-22)21-9-5-2-6-10-21;1-15(20(2,3)4)17-13-18(16-11-9-8-10-12-16)21-14-19(17)22(5,6)7;/h2,5-6,9,11-18H,1,3-4,7-8H2;8-11,13-15H,1-7H3;/q2*-1;. The average Bonchev–Trinajstić information content (AvgIpc) is 3.08. The maximum atomic E-state index is 4.74. The molecule has 0 spiro atoms. The fourth-order valence-electron chi connectivity index (χ4n) is 6.32. The van der Waals surface area contributed by atoms with Crippen molar-refractivity contribution in [3.05, 3.63) is 127 Å². The molecule has 1 aliphatic carbocycles. The minimum atomic E-state index is -1.42. The Morgan fingerprint density at radius 1 is 0.723 bits per heavy atom. The molecule has 1 aliphatic rings. The maximum Gasteiger partial charge on any atom is 0.0799 e. The molecule has 0 aliphatic heterocycles. The molecule has 0 saturated heterocycles. The molecule has 5 aromatic rings. The van der Waals surface area contributed by atoms with Crippen molar-refractivity contribution in [2.75, 3.05) is 0 Å². The van der Waals surface area contributed by atoms with Crippen LogP contribution in [0.15, 0.2) is 103 Å². The Morgan fingerprint density at radius 3 is 1.85 bits per heavy atom. The summed E-state index contributed by atoms with van der Waals surface area (Å²) in [6, 6.07) is 38.3. The summed E-state index contributed by atoms with van der Waals surface area (Å²) in [4.78, 5) is 9.24. The summed E-state index contributed by atoms with van der Waals surface area (Å²) in [6.07, 6.45) is 10.9. The first-order valence-corrected chi connectivity index (χ1v) is 20.5. The first-order chi connectivity index (χ1) is 22.0. The minimum Gasteiger partial charge on any atom is -0.305 e. The van der Waals surface area contributed by atoms with Crippen LogP contribution >= 0.6 is 0 Å². The summed E-state index contributed by atoms with van der Waals surface area (Å²) >= 11 is 0. The van der Waals surface area contributed by atoms with Gasteiger partial charge < -0.3 is 9.97 Å². The van der Waals surface area contributed by atoms with Gasteiger partial charge in [0.05, 0.1) is 8.07 Å². The Kier molecular flexibility index (Phi) is 12.7. The summed E-state index contributed by atoms with van der Waals surface area (Å²) in [5.41, 5.74) is 9.82. The van der Waals surface area contributed by atoms with Gasteiger partial charge in [0.15, 0.2) is 0 Å². The Morgan fingerprint density at radius 2 is 1.32 bits per heavy atom. The van der Waals surface area contributed by atoms with Crippen LogP contribution in [0, 0.1) is 17.5 Å². The first kappa shape index (κ1) is 36.7. The van der Waals surface area contributed by atoms with Gasteiger partial charge in [-0.15, -0.1) is 71.8 Å². The third kappa shape index (κ3) is 9.69. The number of rotatable bonds is 6. The topological polar surface area (TPSA) is 25.8 Å². The summed E-state index contributed by atoms with van der Waals surface area (Å²) < 4.78 is 0. The number of hydrogen-bond acceptors (Lipinski definition) is 2. The van der Waals surface area contributed by atoms with Crippen LogP contribution < -0.4 is 5.19 Å². The van der Waals surface area contributed by atoms with Crippen molar-refractivity contribution >= 4 is 13.3 Å². The molecular weight excluding hydrogens is 765 g/mol. The van der Waals surface area contributed by atoms with Gasteiger partial charge in [0.2, 0.25) is 0 Å². The zero-order valence-electron chi connectivity index (χ0n) is 29.2. The van der Waals surface area contributed by atoms with E-state index in [1.165, 1.54) is 59.5 Å². The number of aromatic nitrogens is 2. The molecule has 2 heterocycles. The van der Waals surface area contributed by atoms with Gasteiger partial charge in [-0.2, -0.15) is 0 Å². The predicted octanol–water partition coefficient (Wildman–Crippen LogP) is 11.5. The molecule has 0 bridgehead atoms. The smallest absolute Gasteiger partial charge is 0.0799 e. The monoisotopic (exact) mass is 815 g/mol. The van der Waals surface area contributed by atoms with Crippen LogP contribution in [-0.4, -0.2) is 18.0 Å². The zero-order chi connectivity index (χ0) is 32.7. The summed E-state index contributed by atoms with van der Waals surface area (Å²) in [6.45, 7) is 16.5. The van der Waals surface area contributed by atoms with E-state index < -0.39 is 8.07 Å². The van der Waals surface area contributed by atoms with E-state index in [2.05, 4.69) is 125 Å². The number of nitrogens with zero attached hydrogens (tertiary/aromatic N) is 2. The molecule has 1 atom stereocenters. The van der Waals surface area contributed by atoms with E-state index in [4.69, 9.17) is 4.98 Å². The van der Waals surface area contributed by atoms with Gasteiger partial charge in [-0.25, -0.2) is 0 Å². The molecule has 2 nitrogen and oxygen atoms in total. The van der Waals surface area contributed by atoms with Crippen molar-refractivity contribution in [2.45, 2.75) is 91.3 Å². The van der Waals surface area contributed by atoms with Crippen LogP contribution in [0.5, 0.6) is 0 Å². The van der Waals surface area contributed by atoms with E-state index in [9.17, 15) is 0 Å². The van der Waals surface area contributed by atoms with Crippen molar-refractivity contribution in [3.8, 4) is 33.6 Å². The molecule has 247 valence electrons. The third-order valence-electron chi connectivity index (χ3n) is 9.56. The van der Waals surface area contributed by atoms with Gasteiger partial charge in [0.1, 0.15) is 0 Å². The Labute approximate surface area is 298 Å². The van der Waals surface area contributed by atoms with Crippen LogP contribution in [0.25, 0.3) is 33.6 Å². The normalized spacial score (nSPS) is 14.4. The SMILES string of the molecule is CC(c1cc(-c2[c-]cccc2)ncc1[Si](C)(C)C)C(C)(C)C.[Ir].[c-]1ccccc1-c1cc(-c2ccc(C3CCCCC3)cc2)ccn1. The predicted molar refractivity (Wildman–Crippen MR) is 199 cm³/mol. The quantitative estimate of drug-likeness (QED) is 0.126. The molecule has 4 heteroatoms. The van der Waals surface area contributed by atoms with Crippen LogP contribution in [0.2, 0.25) is 19.6 Å². The van der Waals surface area contributed by atoms with Gasteiger partial charge in [-0.3, -0.25) is 0 Å². The molecule has 3 aromatic carbocycles. The van der Waals surface area contributed by atoms with Gasteiger partial charge in [-0.1, -0.05) is 109 Å². The van der Waals surface area contributed by atoms with Gasteiger partial charge >= 0.3 is 0 Å². The van der Waals surface area contributed by atoms with Crippen LogP contribution in [0.3, 0.4) is 0 Å². The van der Waals surface area contributed by atoms with Crippen molar-refractivity contribution in [3.63, 3.8) is 0 Å². The first-order valence-electron chi connectivity index (χ1n) is 17.0. The molecule has 2 aromatic heterocycles. The van der Waals surface area contributed by atoms with Gasteiger partial charge in [0, 0.05) is 32.5 Å². The second-order valence-electron chi connectivity index (χ2n) is 14.9. The largest absolute Gasteiger partial charge is 0.305 e. The van der Waals surface area contributed by atoms with Crippen molar-refractivity contribution in [1.82, 2.24) is 9.97 Å². The van der Waals surface area contributed by atoms with Gasteiger partial charge in [-0.05, 0) is 69.4 Å². The Balaban J connectivity index is 0.000000209. The second-order valence-corrected chi connectivity index (χ2v) is 20.0. The van der Waals surface area contributed by atoms with E-state index in [0.29, 0.717) is 5.92 Å². The van der Waals surface area contributed by atoms with Crippen LogP contribution in [0.1, 0.15) is 82.8 Å².